The first-order valence-corrected chi connectivity index (χ1v) is 11.1. The van der Waals surface area contributed by atoms with Crippen LogP contribution in [0.25, 0.3) is 0 Å². The highest BCUT2D eigenvalue weighted by Gasteiger charge is 2.37. The molecule has 1 aromatic rings. The van der Waals surface area contributed by atoms with Crippen LogP contribution in [-0.4, -0.2) is 115 Å². The molecule has 1 atom stereocenters. The maximum absolute atomic E-state index is 13.1. The highest BCUT2D eigenvalue weighted by molar-refractivity contribution is 5.95. The molecule has 9 heteroatoms. The molecular formula is C22H31N5O4. The number of nitrogens with zero attached hydrogens (tertiary/aromatic N) is 5. The molecule has 3 saturated heterocycles. The fourth-order valence-electron chi connectivity index (χ4n) is 4.68. The van der Waals surface area contributed by atoms with Crippen molar-refractivity contribution >= 4 is 23.6 Å². The summed E-state index contributed by atoms with van der Waals surface area (Å²) in [6.45, 7) is 6.12. The predicted octanol–water partition coefficient (Wildman–Crippen LogP) is 0.865. The van der Waals surface area contributed by atoms with Crippen LogP contribution in [0.1, 0.15) is 23.2 Å². The lowest BCUT2D eigenvalue weighted by atomic mass is 10.1. The van der Waals surface area contributed by atoms with Crippen LogP contribution in [0, 0.1) is 0 Å². The molecule has 3 fully saturated rings. The van der Waals surface area contributed by atoms with Crippen molar-refractivity contribution in [3.05, 3.63) is 29.8 Å². The van der Waals surface area contributed by atoms with Crippen molar-refractivity contribution in [1.29, 1.82) is 0 Å². The van der Waals surface area contributed by atoms with Crippen LogP contribution in [0.15, 0.2) is 24.3 Å². The molecule has 0 radical (unpaired) electrons. The molecule has 3 amide bonds. The Bertz CT molecular complexity index is 831. The van der Waals surface area contributed by atoms with E-state index in [9.17, 15) is 19.5 Å². The molecule has 3 aliphatic rings. The van der Waals surface area contributed by atoms with E-state index in [1.807, 2.05) is 18.2 Å². The van der Waals surface area contributed by atoms with Gasteiger partial charge >= 0.3 is 6.09 Å². The Morgan fingerprint density at radius 3 is 2.26 bits per heavy atom. The summed E-state index contributed by atoms with van der Waals surface area (Å²) in [6, 6.07) is 7.22. The van der Waals surface area contributed by atoms with Crippen LogP contribution in [0.4, 0.5) is 10.5 Å². The first-order valence-electron chi connectivity index (χ1n) is 11.1. The number of likely N-dealkylation sites (N-methyl/N-ethyl adjacent to an activating group) is 1. The summed E-state index contributed by atoms with van der Waals surface area (Å²) < 4.78 is 0. The third-order valence-corrected chi connectivity index (χ3v) is 6.62. The van der Waals surface area contributed by atoms with Crippen molar-refractivity contribution < 1.29 is 19.5 Å². The van der Waals surface area contributed by atoms with Crippen LogP contribution in [0.2, 0.25) is 0 Å². The topological polar surface area (TPSA) is 87.6 Å². The van der Waals surface area contributed by atoms with E-state index in [1.54, 1.807) is 9.80 Å². The highest BCUT2D eigenvalue weighted by atomic mass is 16.4. The summed E-state index contributed by atoms with van der Waals surface area (Å²) >= 11 is 0. The predicted molar refractivity (Wildman–Crippen MR) is 116 cm³/mol. The Hall–Kier alpha value is -2.81. The van der Waals surface area contributed by atoms with Crippen molar-refractivity contribution in [2.75, 3.05) is 70.9 Å². The molecule has 31 heavy (non-hydrogen) atoms. The molecule has 3 heterocycles. The zero-order chi connectivity index (χ0) is 22.0. The molecule has 0 aromatic heterocycles. The smallest absolute Gasteiger partial charge is 0.407 e. The van der Waals surface area contributed by atoms with Gasteiger partial charge < -0.3 is 24.7 Å². The molecular weight excluding hydrogens is 398 g/mol. The molecule has 0 aliphatic carbocycles. The summed E-state index contributed by atoms with van der Waals surface area (Å²) in [5, 5.41) is 9.30. The standard InChI is InChI=1S/C22H31N5O4/c1-23-8-10-24(11-9-23)18-5-2-4-17(16-18)20(28)25-12-14-26(15-13-25)21(29)19-6-3-7-27(19)22(30)31/h2,4-5,16,19H,3,6-15H2,1H3,(H,30,31). The van der Waals surface area contributed by atoms with E-state index in [4.69, 9.17) is 0 Å². The van der Waals surface area contributed by atoms with Gasteiger partial charge in [0.2, 0.25) is 5.91 Å². The summed E-state index contributed by atoms with van der Waals surface area (Å²) in [6.07, 6.45) is 0.249. The zero-order valence-corrected chi connectivity index (χ0v) is 18.1. The van der Waals surface area contributed by atoms with E-state index in [0.29, 0.717) is 51.1 Å². The van der Waals surface area contributed by atoms with Gasteiger partial charge in [-0.3, -0.25) is 14.5 Å². The van der Waals surface area contributed by atoms with Crippen LogP contribution >= 0.6 is 0 Å². The number of likely N-dealkylation sites (tertiary alicyclic amines) is 1. The normalized spacial score (nSPS) is 22.7. The molecule has 1 aromatic carbocycles. The number of rotatable bonds is 3. The fraction of sp³-hybridized carbons (Fsp3) is 0.591. The van der Waals surface area contributed by atoms with Gasteiger partial charge in [-0.2, -0.15) is 0 Å². The van der Waals surface area contributed by atoms with Crippen molar-refractivity contribution in [2.24, 2.45) is 0 Å². The average Bonchev–Trinajstić information content (AvgIpc) is 3.29. The number of benzene rings is 1. The monoisotopic (exact) mass is 429 g/mol. The Balaban J connectivity index is 1.35. The fourth-order valence-corrected chi connectivity index (χ4v) is 4.68. The number of hydrogen-bond donors (Lipinski definition) is 1. The van der Waals surface area contributed by atoms with Crippen molar-refractivity contribution in [3.63, 3.8) is 0 Å². The number of carboxylic acid groups (broad SMARTS) is 1. The van der Waals surface area contributed by atoms with E-state index >= 15 is 0 Å². The Labute approximate surface area is 182 Å². The van der Waals surface area contributed by atoms with Gasteiger partial charge in [0.05, 0.1) is 0 Å². The molecule has 1 N–H and O–H groups in total. The number of carbonyl (C=O) groups is 3. The van der Waals surface area contributed by atoms with Crippen LogP contribution < -0.4 is 4.90 Å². The number of amides is 3. The number of carbonyl (C=O) groups excluding carboxylic acids is 2. The lowest BCUT2D eigenvalue weighted by molar-refractivity contribution is -0.136. The minimum atomic E-state index is -1.04. The van der Waals surface area contributed by atoms with Gasteiger partial charge in [-0.05, 0) is 38.1 Å². The van der Waals surface area contributed by atoms with Gasteiger partial charge in [-0.15, -0.1) is 0 Å². The lowest BCUT2D eigenvalue weighted by Crippen LogP contribution is -2.55. The second-order valence-electron chi connectivity index (χ2n) is 8.59. The largest absolute Gasteiger partial charge is 0.465 e. The summed E-state index contributed by atoms with van der Waals surface area (Å²) in [5.41, 5.74) is 1.74. The van der Waals surface area contributed by atoms with Crippen LogP contribution in [0.5, 0.6) is 0 Å². The molecule has 9 nitrogen and oxygen atoms in total. The van der Waals surface area contributed by atoms with E-state index in [2.05, 4.69) is 22.9 Å². The van der Waals surface area contributed by atoms with Gasteiger partial charge in [0.1, 0.15) is 6.04 Å². The van der Waals surface area contributed by atoms with Gasteiger partial charge in [0, 0.05) is 70.2 Å². The third kappa shape index (κ3) is 4.61. The van der Waals surface area contributed by atoms with Gasteiger partial charge in [0.15, 0.2) is 0 Å². The second kappa shape index (κ2) is 9.13. The molecule has 0 bridgehead atoms. The van der Waals surface area contributed by atoms with Gasteiger partial charge in [0.25, 0.3) is 5.91 Å². The van der Waals surface area contributed by atoms with Crippen molar-refractivity contribution in [2.45, 2.75) is 18.9 Å². The number of hydrogen-bond acceptors (Lipinski definition) is 5. The first-order chi connectivity index (χ1) is 14.9. The Kier molecular flexibility index (Phi) is 6.31. The third-order valence-electron chi connectivity index (χ3n) is 6.62. The van der Waals surface area contributed by atoms with Gasteiger partial charge in [-0.1, -0.05) is 6.07 Å². The molecule has 0 saturated carbocycles. The summed E-state index contributed by atoms with van der Waals surface area (Å²) in [5.74, 6) is -0.153. The number of piperazine rings is 2. The SMILES string of the molecule is CN1CCN(c2cccc(C(=O)N3CCN(C(=O)C4CCCN4C(=O)O)CC3)c2)CC1. The molecule has 168 valence electrons. The lowest BCUT2D eigenvalue weighted by Gasteiger charge is -2.37. The van der Waals surface area contributed by atoms with E-state index in [-0.39, 0.29) is 11.8 Å². The first kappa shape index (κ1) is 21.4. The second-order valence-corrected chi connectivity index (χ2v) is 8.59. The zero-order valence-electron chi connectivity index (χ0n) is 18.1. The number of anilines is 1. The molecule has 3 aliphatic heterocycles. The maximum Gasteiger partial charge on any atom is 0.407 e. The molecule has 1 unspecified atom stereocenters. The van der Waals surface area contributed by atoms with Crippen LogP contribution in [-0.2, 0) is 4.79 Å². The summed E-state index contributed by atoms with van der Waals surface area (Å²) in [4.78, 5) is 46.6. The van der Waals surface area contributed by atoms with E-state index < -0.39 is 12.1 Å². The van der Waals surface area contributed by atoms with Crippen molar-refractivity contribution in [1.82, 2.24) is 19.6 Å². The Morgan fingerprint density at radius 1 is 0.903 bits per heavy atom. The highest BCUT2D eigenvalue weighted by Crippen LogP contribution is 2.22. The summed E-state index contributed by atoms with van der Waals surface area (Å²) in [7, 11) is 2.12. The molecule has 0 spiro atoms. The minimum Gasteiger partial charge on any atom is -0.465 e. The van der Waals surface area contributed by atoms with Crippen LogP contribution in [0.3, 0.4) is 0 Å². The van der Waals surface area contributed by atoms with E-state index in [0.717, 1.165) is 31.9 Å². The van der Waals surface area contributed by atoms with Crippen molar-refractivity contribution in [3.8, 4) is 0 Å². The quantitative estimate of drug-likeness (QED) is 0.767. The van der Waals surface area contributed by atoms with E-state index in [1.165, 1.54) is 4.90 Å². The average molecular weight is 430 g/mol. The minimum absolute atomic E-state index is 0.0175. The van der Waals surface area contributed by atoms with Gasteiger partial charge in [-0.25, -0.2) is 4.79 Å². The Morgan fingerprint density at radius 2 is 1.58 bits per heavy atom. The maximum atomic E-state index is 13.1. The molecule has 4 rings (SSSR count).